The summed E-state index contributed by atoms with van der Waals surface area (Å²) in [5.74, 6) is -0.139. The maximum Gasteiger partial charge on any atom is 0.241 e. The van der Waals surface area contributed by atoms with Gasteiger partial charge in [0.2, 0.25) is 5.91 Å². The Hall–Kier alpha value is -2.92. The van der Waals surface area contributed by atoms with E-state index in [0.29, 0.717) is 37.7 Å². The molecule has 4 aliphatic heterocycles. The lowest BCUT2D eigenvalue weighted by Gasteiger charge is -2.42. The van der Waals surface area contributed by atoms with E-state index in [-0.39, 0.29) is 23.2 Å². The molecule has 10 heteroatoms. The van der Waals surface area contributed by atoms with Crippen LogP contribution in [-0.2, 0) is 21.4 Å². The van der Waals surface area contributed by atoms with Crippen LogP contribution in [0.15, 0.2) is 36.7 Å². The number of ether oxygens (including phenoxy) is 1. The molecule has 1 aromatic carbocycles. The zero-order valence-electron chi connectivity index (χ0n) is 23.5. The number of nitrogens with zero attached hydrogens (tertiary/aromatic N) is 6. The zero-order valence-corrected chi connectivity index (χ0v) is 23.5. The lowest BCUT2D eigenvalue weighted by atomic mass is 9.90. The summed E-state index contributed by atoms with van der Waals surface area (Å²) in [5, 5.41) is 8.22. The summed E-state index contributed by atoms with van der Waals surface area (Å²) in [6.07, 6.45) is 3.66. The van der Waals surface area contributed by atoms with Crippen LogP contribution >= 0.6 is 0 Å². The van der Waals surface area contributed by atoms with Crippen LogP contribution < -0.4 is 10.2 Å². The highest BCUT2D eigenvalue weighted by molar-refractivity contribution is 5.97. The molecule has 4 aliphatic rings. The zero-order chi connectivity index (χ0) is 27.6. The fourth-order valence-corrected chi connectivity index (χ4v) is 7.24. The predicted octanol–water partition coefficient (Wildman–Crippen LogP) is 2.22. The number of aromatic nitrogens is 3. The lowest BCUT2D eigenvalue weighted by molar-refractivity contribution is -0.121. The molecule has 1 N–H and O–H groups in total. The summed E-state index contributed by atoms with van der Waals surface area (Å²) in [7, 11) is 0. The van der Waals surface area contributed by atoms with Crippen LogP contribution in [0.1, 0.15) is 44.0 Å². The van der Waals surface area contributed by atoms with E-state index in [1.807, 2.05) is 9.42 Å². The highest BCUT2D eigenvalue weighted by Gasteiger charge is 2.44. The number of hydrogen-bond donors (Lipinski definition) is 1. The van der Waals surface area contributed by atoms with Crippen molar-refractivity contribution in [1.29, 1.82) is 0 Å². The molecule has 4 atom stereocenters. The Morgan fingerprint density at radius 2 is 2.02 bits per heavy atom. The Labute approximate surface area is 234 Å². The average molecular weight is 548 g/mol. The van der Waals surface area contributed by atoms with Crippen molar-refractivity contribution in [1.82, 2.24) is 29.7 Å². The summed E-state index contributed by atoms with van der Waals surface area (Å²) in [5.41, 5.74) is 4.37. The van der Waals surface area contributed by atoms with Crippen LogP contribution in [0.5, 0.6) is 0 Å². The van der Waals surface area contributed by atoms with E-state index >= 15 is 0 Å². The lowest BCUT2D eigenvalue weighted by Crippen LogP contribution is -2.61. The van der Waals surface area contributed by atoms with Crippen LogP contribution in [0, 0.1) is 5.82 Å². The number of anilines is 1. The topological polar surface area (TPSA) is 78.2 Å². The molecule has 212 valence electrons. The van der Waals surface area contributed by atoms with Crippen molar-refractivity contribution in [2.45, 2.75) is 63.3 Å². The number of benzene rings is 1. The van der Waals surface area contributed by atoms with Crippen LogP contribution in [-0.4, -0.2) is 100 Å². The van der Waals surface area contributed by atoms with Gasteiger partial charge in [0.25, 0.3) is 0 Å². The van der Waals surface area contributed by atoms with Crippen LogP contribution in [0.3, 0.4) is 0 Å². The number of nitrogens with one attached hydrogen (secondary N) is 1. The first-order valence-corrected chi connectivity index (χ1v) is 14.5. The Morgan fingerprint density at radius 1 is 1.20 bits per heavy atom. The summed E-state index contributed by atoms with van der Waals surface area (Å²) in [6, 6.07) is 9.79. The van der Waals surface area contributed by atoms with Gasteiger partial charge in [-0.1, -0.05) is 26.0 Å². The largest absolute Gasteiger partial charge is 0.375 e. The quantitative estimate of drug-likeness (QED) is 0.507. The van der Waals surface area contributed by atoms with Crippen molar-refractivity contribution in [2.75, 3.05) is 50.8 Å². The minimum Gasteiger partial charge on any atom is -0.375 e. The third kappa shape index (κ3) is 4.60. The summed E-state index contributed by atoms with van der Waals surface area (Å²) < 4.78 is 21.3. The highest BCUT2D eigenvalue weighted by Crippen LogP contribution is 2.42. The minimum atomic E-state index is -0.281. The van der Waals surface area contributed by atoms with Gasteiger partial charge in [0.05, 0.1) is 30.6 Å². The van der Waals surface area contributed by atoms with Gasteiger partial charge in [-0.05, 0) is 37.1 Å². The number of morpholine rings is 1. The van der Waals surface area contributed by atoms with Crippen molar-refractivity contribution < 1.29 is 13.9 Å². The SMILES string of the molecule is C[C@@H]1CN(CC(=O)N2CC(C)(C)c3c2cc(Cc2ccc(F)cc2)c2ncnn32)[C@@H](CN2C[C@@H]3C[C@H]2CO3)CN1. The number of likely N-dealkylation sites (tertiary alicyclic amines) is 1. The van der Waals surface area contributed by atoms with E-state index < -0.39 is 0 Å². The van der Waals surface area contributed by atoms with Gasteiger partial charge >= 0.3 is 0 Å². The van der Waals surface area contributed by atoms with E-state index in [4.69, 9.17) is 4.74 Å². The summed E-state index contributed by atoms with van der Waals surface area (Å²) in [6.45, 7) is 12.0. The van der Waals surface area contributed by atoms with Crippen molar-refractivity contribution in [3.05, 3.63) is 59.3 Å². The third-order valence-electron chi connectivity index (χ3n) is 9.22. The molecule has 7 rings (SSSR count). The smallest absolute Gasteiger partial charge is 0.241 e. The number of pyridine rings is 1. The maximum atomic E-state index is 14.1. The van der Waals surface area contributed by atoms with Gasteiger partial charge in [-0.25, -0.2) is 13.9 Å². The first-order chi connectivity index (χ1) is 19.2. The van der Waals surface area contributed by atoms with E-state index in [2.05, 4.69) is 52.0 Å². The number of amides is 1. The second kappa shape index (κ2) is 9.87. The van der Waals surface area contributed by atoms with Crippen molar-refractivity contribution in [3.63, 3.8) is 0 Å². The molecule has 2 bridgehead atoms. The highest BCUT2D eigenvalue weighted by atomic mass is 19.1. The number of fused-ring (bicyclic) bond motifs is 5. The Balaban J connectivity index is 1.16. The summed E-state index contributed by atoms with van der Waals surface area (Å²) in [4.78, 5) is 25.6. The molecular weight excluding hydrogens is 509 g/mol. The average Bonchev–Trinajstić information content (AvgIpc) is 3.71. The van der Waals surface area contributed by atoms with Crippen molar-refractivity contribution in [2.24, 2.45) is 0 Å². The van der Waals surface area contributed by atoms with Crippen molar-refractivity contribution >= 4 is 17.2 Å². The fourth-order valence-electron chi connectivity index (χ4n) is 7.24. The molecule has 0 aliphatic carbocycles. The molecule has 6 heterocycles. The third-order valence-corrected chi connectivity index (χ3v) is 9.22. The molecule has 1 amide bonds. The molecule has 9 nitrogen and oxygen atoms in total. The van der Waals surface area contributed by atoms with E-state index in [1.165, 1.54) is 12.1 Å². The molecule has 40 heavy (non-hydrogen) atoms. The van der Waals surface area contributed by atoms with Gasteiger partial charge in [-0.2, -0.15) is 5.10 Å². The molecule has 3 saturated heterocycles. The number of hydrogen-bond acceptors (Lipinski definition) is 7. The second-order valence-corrected chi connectivity index (χ2v) is 12.8. The van der Waals surface area contributed by atoms with E-state index in [9.17, 15) is 9.18 Å². The van der Waals surface area contributed by atoms with E-state index in [1.54, 1.807) is 18.5 Å². The molecule has 0 unspecified atom stereocenters. The molecule has 0 saturated carbocycles. The molecular formula is C30H38FN7O2. The summed E-state index contributed by atoms with van der Waals surface area (Å²) >= 11 is 0. The van der Waals surface area contributed by atoms with Gasteiger partial charge < -0.3 is 15.0 Å². The Morgan fingerprint density at radius 3 is 2.77 bits per heavy atom. The molecule has 3 aromatic rings. The van der Waals surface area contributed by atoms with Gasteiger partial charge in [-0.15, -0.1) is 0 Å². The minimum absolute atomic E-state index is 0.115. The predicted molar refractivity (Wildman–Crippen MR) is 150 cm³/mol. The molecule has 0 radical (unpaired) electrons. The number of piperazine rings is 1. The van der Waals surface area contributed by atoms with Gasteiger partial charge in [0.15, 0.2) is 5.65 Å². The maximum absolute atomic E-state index is 14.1. The molecule has 3 fully saturated rings. The van der Waals surface area contributed by atoms with Gasteiger partial charge in [0, 0.05) is 68.2 Å². The van der Waals surface area contributed by atoms with Crippen LogP contribution in [0.2, 0.25) is 0 Å². The standard InChI is InChI=1S/C30H38FN7O2/c1-19-12-35(24(11-32-19)13-36-14-25-10-23(36)16-40-25)15-27(39)37-17-30(2,3)28-26(37)9-21(29-33-18-34-38(28)29)8-20-4-6-22(31)7-5-20/h4-7,9,18-19,23-25,32H,8,10-17H2,1-3H3/t19-,23+,24-,25+/m1/s1. The Bertz CT molecular complexity index is 1420. The molecule has 0 spiro atoms. The number of halogens is 1. The second-order valence-electron chi connectivity index (χ2n) is 12.8. The van der Waals surface area contributed by atoms with Crippen molar-refractivity contribution in [3.8, 4) is 0 Å². The van der Waals surface area contributed by atoms with Crippen LogP contribution in [0.25, 0.3) is 5.65 Å². The van der Waals surface area contributed by atoms with Gasteiger partial charge in [-0.3, -0.25) is 14.6 Å². The number of carbonyl (C=O) groups excluding carboxylic acids is 1. The fraction of sp³-hybridized carbons (Fsp3) is 0.567. The number of carbonyl (C=O) groups is 1. The normalized spacial score (nSPS) is 28.1. The van der Waals surface area contributed by atoms with Crippen LogP contribution in [0.4, 0.5) is 10.1 Å². The first-order valence-electron chi connectivity index (χ1n) is 14.5. The monoisotopic (exact) mass is 547 g/mol. The van der Waals surface area contributed by atoms with E-state index in [0.717, 1.165) is 67.4 Å². The molecule has 2 aromatic heterocycles. The Kier molecular flexibility index (Phi) is 6.42. The van der Waals surface area contributed by atoms with Gasteiger partial charge in [0.1, 0.15) is 12.1 Å². The number of rotatable bonds is 6. The first kappa shape index (κ1) is 26.0.